The SMILES string of the molecule is Cc1ncccc1CCC(=O)N1CCC2(CC(=O)N(c3cnn(C)c3)C2)C1. The fourth-order valence-corrected chi connectivity index (χ4v) is 4.28. The van der Waals surface area contributed by atoms with Crippen LogP contribution in [-0.2, 0) is 23.1 Å². The minimum Gasteiger partial charge on any atom is -0.342 e. The van der Waals surface area contributed by atoms with Crippen LogP contribution < -0.4 is 4.90 Å². The maximum atomic E-state index is 12.7. The number of hydrogen-bond donors (Lipinski definition) is 0. The zero-order chi connectivity index (χ0) is 19.0. The summed E-state index contributed by atoms with van der Waals surface area (Å²) in [5.41, 5.74) is 2.83. The topological polar surface area (TPSA) is 71.3 Å². The molecule has 0 N–H and O–H groups in total. The molecule has 2 saturated heterocycles. The molecule has 0 aliphatic carbocycles. The lowest BCUT2D eigenvalue weighted by Gasteiger charge is -2.23. The first kappa shape index (κ1) is 17.7. The van der Waals surface area contributed by atoms with Gasteiger partial charge in [0.15, 0.2) is 0 Å². The van der Waals surface area contributed by atoms with Crippen LogP contribution in [0.5, 0.6) is 0 Å². The van der Waals surface area contributed by atoms with E-state index in [1.54, 1.807) is 17.1 Å². The van der Waals surface area contributed by atoms with Gasteiger partial charge in [-0.05, 0) is 31.4 Å². The van der Waals surface area contributed by atoms with Crippen LogP contribution in [0, 0.1) is 12.3 Å². The number of aryl methyl sites for hydroxylation is 3. The van der Waals surface area contributed by atoms with Crippen LogP contribution in [0.1, 0.15) is 30.5 Å². The van der Waals surface area contributed by atoms with Crippen LogP contribution >= 0.6 is 0 Å². The third kappa shape index (κ3) is 3.46. The van der Waals surface area contributed by atoms with Gasteiger partial charge in [0.2, 0.25) is 11.8 Å². The summed E-state index contributed by atoms with van der Waals surface area (Å²) in [4.78, 5) is 33.3. The molecule has 0 radical (unpaired) electrons. The Bertz CT molecular complexity index is 877. The standard InChI is InChI=1S/C20H25N5O2/c1-15-16(4-3-8-21-15)5-6-18(26)24-9-7-20(13-24)10-19(27)25(14-20)17-11-22-23(2)12-17/h3-4,8,11-12H,5-7,9-10,13-14H2,1-2H3. The molecule has 4 rings (SSSR count). The molecule has 1 spiro atoms. The summed E-state index contributed by atoms with van der Waals surface area (Å²) < 4.78 is 1.71. The van der Waals surface area contributed by atoms with E-state index in [1.807, 2.05) is 42.1 Å². The lowest BCUT2D eigenvalue weighted by molar-refractivity contribution is -0.130. The van der Waals surface area contributed by atoms with Crippen molar-refractivity contribution < 1.29 is 9.59 Å². The number of anilines is 1. The van der Waals surface area contributed by atoms with Gasteiger partial charge >= 0.3 is 0 Å². The average Bonchev–Trinajstić information content (AvgIpc) is 3.33. The zero-order valence-electron chi connectivity index (χ0n) is 15.9. The van der Waals surface area contributed by atoms with Gasteiger partial charge in [0, 0.05) is 63.0 Å². The highest BCUT2D eigenvalue weighted by atomic mass is 16.2. The molecule has 0 aromatic carbocycles. The minimum absolute atomic E-state index is 0.118. The van der Waals surface area contributed by atoms with Gasteiger partial charge in [-0.2, -0.15) is 5.10 Å². The molecule has 4 heterocycles. The number of aromatic nitrogens is 3. The van der Waals surface area contributed by atoms with Crippen molar-refractivity contribution in [2.24, 2.45) is 12.5 Å². The Labute approximate surface area is 159 Å². The van der Waals surface area contributed by atoms with Crippen molar-refractivity contribution in [1.29, 1.82) is 0 Å². The van der Waals surface area contributed by atoms with Gasteiger partial charge in [0.1, 0.15) is 0 Å². The van der Waals surface area contributed by atoms with Crippen LogP contribution in [0.25, 0.3) is 0 Å². The summed E-state index contributed by atoms with van der Waals surface area (Å²) >= 11 is 0. The quantitative estimate of drug-likeness (QED) is 0.825. The zero-order valence-corrected chi connectivity index (χ0v) is 15.9. The van der Waals surface area contributed by atoms with Crippen LogP contribution in [-0.4, -0.2) is 51.1 Å². The van der Waals surface area contributed by atoms with Crippen LogP contribution in [0.4, 0.5) is 5.69 Å². The second kappa shape index (κ2) is 6.79. The van der Waals surface area contributed by atoms with E-state index in [4.69, 9.17) is 0 Å². The van der Waals surface area contributed by atoms with E-state index in [-0.39, 0.29) is 17.2 Å². The molecular formula is C20H25N5O2. The van der Waals surface area contributed by atoms with E-state index in [1.165, 1.54) is 0 Å². The van der Waals surface area contributed by atoms with Crippen molar-refractivity contribution >= 4 is 17.5 Å². The van der Waals surface area contributed by atoms with Crippen molar-refractivity contribution in [2.75, 3.05) is 24.5 Å². The van der Waals surface area contributed by atoms with E-state index in [9.17, 15) is 9.59 Å². The van der Waals surface area contributed by atoms with Crippen molar-refractivity contribution in [3.05, 3.63) is 42.0 Å². The molecule has 2 fully saturated rings. The van der Waals surface area contributed by atoms with Gasteiger partial charge in [0.25, 0.3) is 0 Å². The Morgan fingerprint density at radius 2 is 2.19 bits per heavy atom. The first-order valence-corrected chi connectivity index (χ1v) is 9.43. The van der Waals surface area contributed by atoms with Gasteiger partial charge in [-0.25, -0.2) is 0 Å². The highest BCUT2D eigenvalue weighted by Gasteiger charge is 2.48. The Kier molecular flexibility index (Phi) is 4.45. The summed E-state index contributed by atoms with van der Waals surface area (Å²) in [6.45, 7) is 4.05. The average molecular weight is 367 g/mol. The Hall–Kier alpha value is -2.70. The summed E-state index contributed by atoms with van der Waals surface area (Å²) in [5, 5.41) is 4.17. The highest BCUT2D eigenvalue weighted by molar-refractivity contribution is 5.96. The molecular weight excluding hydrogens is 342 g/mol. The van der Waals surface area contributed by atoms with Crippen LogP contribution in [0.15, 0.2) is 30.7 Å². The van der Waals surface area contributed by atoms with Gasteiger partial charge in [-0.1, -0.05) is 6.07 Å². The van der Waals surface area contributed by atoms with E-state index in [0.29, 0.717) is 32.4 Å². The molecule has 2 aromatic heterocycles. The smallest absolute Gasteiger partial charge is 0.227 e. The first-order chi connectivity index (χ1) is 13.0. The fraction of sp³-hybridized carbons (Fsp3) is 0.500. The maximum absolute atomic E-state index is 12.7. The maximum Gasteiger partial charge on any atom is 0.227 e. The number of carbonyl (C=O) groups is 2. The summed E-state index contributed by atoms with van der Waals surface area (Å²) in [6.07, 6.45) is 7.96. The monoisotopic (exact) mass is 367 g/mol. The van der Waals surface area contributed by atoms with E-state index < -0.39 is 0 Å². The molecule has 0 saturated carbocycles. The molecule has 2 amide bonds. The Morgan fingerprint density at radius 3 is 2.93 bits per heavy atom. The van der Waals surface area contributed by atoms with Crippen LogP contribution in [0.2, 0.25) is 0 Å². The molecule has 0 bridgehead atoms. The summed E-state index contributed by atoms with van der Waals surface area (Å²) in [5.74, 6) is 0.297. The van der Waals surface area contributed by atoms with Crippen molar-refractivity contribution in [1.82, 2.24) is 19.7 Å². The van der Waals surface area contributed by atoms with Gasteiger partial charge in [0.05, 0.1) is 11.9 Å². The lowest BCUT2D eigenvalue weighted by Crippen LogP contribution is -2.34. The van der Waals surface area contributed by atoms with Gasteiger partial charge < -0.3 is 9.80 Å². The third-order valence-corrected chi connectivity index (χ3v) is 5.84. The third-order valence-electron chi connectivity index (χ3n) is 5.84. The van der Waals surface area contributed by atoms with Gasteiger partial charge in [-0.15, -0.1) is 0 Å². The molecule has 7 nitrogen and oxygen atoms in total. The number of pyridine rings is 1. The number of nitrogens with zero attached hydrogens (tertiary/aromatic N) is 5. The lowest BCUT2D eigenvalue weighted by atomic mass is 9.86. The molecule has 27 heavy (non-hydrogen) atoms. The highest BCUT2D eigenvalue weighted by Crippen LogP contribution is 2.41. The molecule has 2 aliphatic heterocycles. The normalized spacial score (nSPS) is 22.2. The van der Waals surface area contributed by atoms with Crippen molar-refractivity contribution in [3.63, 3.8) is 0 Å². The first-order valence-electron chi connectivity index (χ1n) is 9.43. The second-order valence-corrected chi connectivity index (χ2v) is 7.84. The number of likely N-dealkylation sites (tertiary alicyclic amines) is 1. The minimum atomic E-state index is -0.118. The summed E-state index contributed by atoms with van der Waals surface area (Å²) in [7, 11) is 1.85. The van der Waals surface area contributed by atoms with Gasteiger partial charge in [-0.3, -0.25) is 19.3 Å². The fourth-order valence-electron chi connectivity index (χ4n) is 4.28. The molecule has 142 valence electrons. The Morgan fingerprint density at radius 1 is 1.33 bits per heavy atom. The number of carbonyl (C=O) groups excluding carboxylic acids is 2. The van der Waals surface area contributed by atoms with E-state index in [0.717, 1.165) is 29.9 Å². The number of rotatable bonds is 4. The number of amides is 2. The number of hydrogen-bond acceptors (Lipinski definition) is 4. The van der Waals surface area contributed by atoms with E-state index >= 15 is 0 Å². The summed E-state index contributed by atoms with van der Waals surface area (Å²) in [6, 6.07) is 3.94. The van der Waals surface area contributed by atoms with Crippen molar-refractivity contribution in [3.8, 4) is 0 Å². The second-order valence-electron chi connectivity index (χ2n) is 7.84. The predicted molar refractivity (Wildman–Crippen MR) is 101 cm³/mol. The molecule has 2 aliphatic rings. The molecule has 7 heteroatoms. The Balaban J connectivity index is 1.37. The predicted octanol–water partition coefficient (Wildman–Crippen LogP) is 1.71. The van der Waals surface area contributed by atoms with Crippen LogP contribution in [0.3, 0.4) is 0 Å². The van der Waals surface area contributed by atoms with E-state index in [2.05, 4.69) is 10.1 Å². The molecule has 1 atom stereocenters. The van der Waals surface area contributed by atoms with Crippen molar-refractivity contribution in [2.45, 2.75) is 32.6 Å². The largest absolute Gasteiger partial charge is 0.342 e. The molecule has 2 aromatic rings. The molecule has 1 unspecified atom stereocenters.